The lowest BCUT2D eigenvalue weighted by Gasteiger charge is -2.38. The van der Waals surface area contributed by atoms with Gasteiger partial charge in [-0.3, -0.25) is 9.59 Å². The minimum Gasteiger partial charge on any atom is -0.481 e. The molecule has 8 heteroatoms. The topological polar surface area (TPSA) is 108 Å². The van der Waals surface area contributed by atoms with E-state index in [1.807, 2.05) is 48.5 Å². The van der Waals surface area contributed by atoms with E-state index in [0.29, 0.717) is 24.9 Å². The average Bonchev–Trinajstić information content (AvgIpc) is 2.93. The van der Waals surface area contributed by atoms with E-state index in [2.05, 4.69) is 10.2 Å². The molecule has 0 aliphatic carbocycles. The van der Waals surface area contributed by atoms with Crippen molar-refractivity contribution in [3.05, 3.63) is 65.2 Å². The van der Waals surface area contributed by atoms with Crippen LogP contribution in [0.4, 0.5) is 5.69 Å². The lowest BCUT2D eigenvalue weighted by Crippen LogP contribution is -2.40. The quantitative estimate of drug-likeness (QED) is 0.321. The Morgan fingerprint density at radius 1 is 0.846 bits per heavy atom. The monoisotopic (exact) mass is 538 g/mol. The maximum atomic E-state index is 12.2. The third-order valence-electron chi connectivity index (χ3n) is 7.54. The lowest BCUT2D eigenvalue weighted by atomic mass is 9.99. The van der Waals surface area contributed by atoms with Crippen LogP contribution in [0.25, 0.3) is 0 Å². The average molecular weight is 539 g/mol. The molecule has 0 unspecified atom stereocenters. The second-order valence-electron chi connectivity index (χ2n) is 10.7. The number of rotatable bonds is 11. The van der Waals surface area contributed by atoms with Crippen LogP contribution in [0.5, 0.6) is 0 Å². The number of carboxylic acid groups (broad SMARTS) is 1. The zero-order valence-electron chi connectivity index (χ0n) is 22.7. The fourth-order valence-corrected chi connectivity index (χ4v) is 5.33. The molecule has 8 nitrogen and oxygen atoms in total. The number of nitrogens with zero attached hydrogens (tertiary/aromatic N) is 1. The van der Waals surface area contributed by atoms with Crippen LogP contribution in [0.3, 0.4) is 0 Å². The number of hydrogen-bond donors (Lipinski definition) is 3. The van der Waals surface area contributed by atoms with E-state index in [1.54, 1.807) is 0 Å². The second-order valence-corrected chi connectivity index (χ2v) is 10.7. The molecule has 4 rings (SSSR count). The van der Waals surface area contributed by atoms with E-state index in [9.17, 15) is 14.7 Å². The minimum atomic E-state index is -0.841. The van der Waals surface area contributed by atoms with Gasteiger partial charge in [0.15, 0.2) is 6.29 Å². The molecular formula is C31H42N2O6. The molecule has 2 fully saturated rings. The first-order chi connectivity index (χ1) is 19.0. The van der Waals surface area contributed by atoms with E-state index in [1.165, 1.54) is 32.1 Å². The summed E-state index contributed by atoms with van der Waals surface area (Å²) in [4.78, 5) is 25.4. The summed E-state index contributed by atoms with van der Waals surface area (Å²) in [6.45, 7) is 3.10. The number of unbranched alkanes of at least 4 members (excludes halogenated alkanes) is 1. The Morgan fingerprint density at radius 2 is 1.49 bits per heavy atom. The highest BCUT2D eigenvalue weighted by Gasteiger charge is 2.33. The van der Waals surface area contributed by atoms with Gasteiger partial charge in [-0.2, -0.15) is 0 Å². The fourth-order valence-electron chi connectivity index (χ4n) is 5.33. The highest BCUT2D eigenvalue weighted by molar-refractivity contribution is 5.90. The van der Waals surface area contributed by atoms with E-state index >= 15 is 0 Å². The molecule has 2 aromatic carbocycles. The highest BCUT2D eigenvalue weighted by atomic mass is 16.7. The van der Waals surface area contributed by atoms with Crippen LogP contribution in [0.15, 0.2) is 48.5 Å². The number of ether oxygens (including phenoxy) is 2. The summed E-state index contributed by atoms with van der Waals surface area (Å²) in [5, 5.41) is 21.1. The molecule has 3 N–H and O–H groups in total. The van der Waals surface area contributed by atoms with Crippen LogP contribution in [0.1, 0.15) is 93.3 Å². The van der Waals surface area contributed by atoms with Gasteiger partial charge in [0.25, 0.3) is 0 Å². The maximum absolute atomic E-state index is 12.2. The fraction of sp³-hybridized carbons (Fsp3) is 0.548. The molecule has 0 radical (unpaired) electrons. The predicted octanol–water partition coefficient (Wildman–Crippen LogP) is 5.57. The molecule has 0 spiro atoms. The van der Waals surface area contributed by atoms with Gasteiger partial charge in [-0.25, -0.2) is 0 Å². The number of aliphatic hydroxyl groups is 1. The normalized spacial score (nSPS) is 22.5. The van der Waals surface area contributed by atoms with E-state index < -0.39 is 12.3 Å². The lowest BCUT2D eigenvalue weighted by molar-refractivity contribution is -0.253. The summed E-state index contributed by atoms with van der Waals surface area (Å²) in [6, 6.07) is 15.5. The predicted molar refractivity (Wildman–Crippen MR) is 149 cm³/mol. The van der Waals surface area contributed by atoms with Crippen molar-refractivity contribution in [3.8, 4) is 0 Å². The SMILES string of the molecule is O=C(O)CCCCC(=O)Nc1ccc([C@H]2O[C@@H](CN3CCCCCCC3)C[C@@H](c3ccc(CO)cc3)O2)cc1. The van der Waals surface area contributed by atoms with Crippen LogP contribution < -0.4 is 5.32 Å². The maximum Gasteiger partial charge on any atom is 0.303 e. The number of aliphatic hydroxyl groups excluding tert-OH is 1. The van der Waals surface area contributed by atoms with Gasteiger partial charge < -0.3 is 29.9 Å². The van der Waals surface area contributed by atoms with Gasteiger partial charge in [0.2, 0.25) is 5.91 Å². The van der Waals surface area contributed by atoms with Gasteiger partial charge in [0, 0.05) is 37.1 Å². The molecule has 212 valence electrons. The number of benzene rings is 2. The van der Waals surface area contributed by atoms with Crippen molar-refractivity contribution in [1.82, 2.24) is 4.90 Å². The number of carbonyl (C=O) groups excluding carboxylic acids is 1. The number of carbonyl (C=O) groups is 2. The molecule has 1 amide bonds. The van der Waals surface area contributed by atoms with Gasteiger partial charge in [-0.15, -0.1) is 0 Å². The third kappa shape index (κ3) is 9.42. The molecule has 2 heterocycles. The first-order valence-electron chi connectivity index (χ1n) is 14.3. The standard InChI is InChI=1S/C31H42N2O6/c34-22-23-10-12-24(13-11-23)28-20-27(21-33-18-6-2-1-3-7-19-33)38-31(39-28)25-14-16-26(17-15-25)32-29(35)8-4-5-9-30(36)37/h10-17,27-28,31,34H,1-9,18-22H2,(H,32,35)(H,36,37)/t27-,28+,31+/m1/s1. The number of likely N-dealkylation sites (tertiary alicyclic amines) is 1. The van der Waals surface area contributed by atoms with E-state index in [4.69, 9.17) is 14.6 Å². The summed E-state index contributed by atoms with van der Waals surface area (Å²) in [6.07, 6.45) is 7.90. The van der Waals surface area contributed by atoms with Crippen LogP contribution in [-0.2, 0) is 25.7 Å². The smallest absolute Gasteiger partial charge is 0.303 e. The van der Waals surface area contributed by atoms with Gasteiger partial charge in [0.1, 0.15) is 0 Å². The second kappa shape index (κ2) is 15.1. The van der Waals surface area contributed by atoms with Crippen molar-refractivity contribution in [2.45, 2.75) is 89.3 Å². The van der Waals surface area contributed by atoms with Crippen molar-refractivity contribution in [2.75, 3.05) is 25.0 Å². The minimum absolute atomic E-state index is 0.0142. The van der Waals surface area contributed by atoms with Crippen molar-refractivity contribution in [1.29, 1.82) is 0 Å². The summed E-state index contributed by atoms with van der Waals surface area (Å²) in [5.74, 6) is -0.968. The molecule has 2 saturated heterocycles. The van der Waals surface area contributed by atoms with Gasteiger partial charge in [-0.05, 0) is 62.0 Å². The number of nitrogens with one attached hydrogen (secondary N) is 1. The van der Waals surface area contributed by atoms with Crippen LogP contribution in [0.2, 0.25) is 0 Å². The van der Waals surface area contributed by atoms with Gasteiger partial charge in [0.05, 0.1) is 18.8 Å². The van der Waals surface area contributed by atoms with E-state index in [-0.39, 0.29) is 31.1 Å². The van der Waals surface area contributed by atoms with Crippen LogP contribution in [-0.4, -0.2) is 52.7 Å². The molecule has 2 aliphatic rings. The van der Waals surface area contributed by atoms with Crippen LogP contribution >= 0.6 is 0 Å². The molecule has 3 atom stereocenters. The molecule has 2 aliphatic heterocycles. The Morgan fingerprint density at radius 3 is 2.15 bits per heavy atom. The Labute approximate surface area is 231 Å². The molecule has 0 aromatic heterocycles. The summed E-state index contributed by atoms with van der Waals surface area (Å²) >= 11 is 0. The molecule has 0 bridgehead atoms. The van der Waals surface area contributed by atoms with Crippen molar-refractivity contribution >= 4 is 17.6 Å². The highest BCUT2D eigenvalue weighted by Crippen LogP contribution is 2.38. The number of carboxylic acids is 1. The Hall–Kier alpha value is -2.78. The number of hydrogen-bond acceptors (Lipinski definition) is 6. The largest absolute Gasteiger partial charge is 0.481 e. The van der Waals surface area contributed by atoms with E-state index in [0.717, 1.165) is 42.7 Å². The summed E-state index contributed by atoms with van der Waals surface area (Å²) in [5.41, 5.74) is 3.53. The molecule has 0 saturated carbocycles. The van der Waals surface area contributed by atoms with Crippen molar-refractivity contribution in [2.24, 2.45) is 0 Å². The van der Waals surface area contributed by atoms with Gasteiger partial charge >= 0.3 is 5.97 Å². The van der Waals surface area contributed by atoms with Crippen molar-refractivity contribution in [3.63, 3.8) is 0 Å². The number of amides is 1. The third-order valence-corrected chi connectivity index (χ3v) is 7.54. The van der Waals surface area contributed by atoms with Crippen molar-refractivity contribution < 1.29 is 29.3 Å². The Kier molecular flexibility index (Phi) is 11.3. The first kappa shape index (κ1) is 29.2. The van der Waals surface area contributed by atoms with Crippen LogP contribution in [0, 0.1) is 0 Å². The number of aliphatic carboxylic acids is 1. The Balaban J connectivity index is 1.41. The molecule has 39 heavy (non-hydrogen) atoms. The first-order valence-corrected chi connectivity index (χ1v) is 14.3. The zero-order valence-corrected chi connectivity index (χ0v) is 22.7. The molecular weight excluding hydrogens is 496 g/mol. The molecule has 2 aromatic rings. The number of anilines is 1. The van der Waals surface area contributed by atoms with Gasteiger partial charge in [-0.1, -0.05) is 55.7 Å². The Bertz CT molecular complexity index is 1030. The summed E-state index contributed by atoms with van der Waals surface area (Å²) in [7, 11) is 0. The zero-order chi connectivity index (χ0) is 27.5. The summed E-state index contributed by atoms with van der Waals surface area (Å²) < 4.78 is 13.0.